The summed E-state index contributed by atoms with van der Waals surface area (Å²) in [5.41, 5.74) is 1.02. The Morgan fingerprint density at radius 3 is 2.42 bits per heavy atom. The average molecular weight is 295 g/mol. The first-order valence-electron chi connectivity index (χ1n) is 5.45. The van der Waals surface area contributed by atoms with E-state index in [1.54, 1.807) is 49.6 Å². The maximum atomic E-state index is 11.3. The van der Waals surface area contributed by atoms with Gasteiger partial charge in [0.15, 0.2) is 0 Å². The van der Waals surface area contributed by atoms with Gasteiger partial charge in [-0.25, -0.2) is 4.79 Å². The maximum Gasteiger partial charge on any atom is 0.337 e. The molecular weight excluding hydrogens is 284 g/mol. The highest BCUT2D eigenvalue weighted by molar-refractivity contribution is 7.17. The van der Waals surface area contributed by atoms with E-state index in [0.29, 0.717) is 9.21 Å². The molecule has 0 aliphatic rings. The minimum Gasteiger partial charge on any atom is -0.497 e. The van der Waals surface area contributed by atoms with E-state index in [2.05, 4.69) is 0 Å². The van der Waals surface area contributed by atoms with Crippen molar-refractivity contribution in [1.29, 1.82) is 0 Å². The summed E-state index contributed by atoms with van der Waals surface area (Å²) in [6.07, 6.45) is 1.62. The van der Waals surface area contributed by atoms with E-state index in [-0.39, 0.29) is 5.57 Å². The maximum absolute atomic E-state index is 11.3. The number of rotatable bonds is 4. The van der Waals surface area contributed by atoms with Crippen LogP contribution in [0.5, 0.6) is 5.75 Å². The zero-order chi connectivity index (χ0) is 13.8. The van der Waals surface area contributed by atoms with Crippen LogP contribution in [0.2, 0.25) is 4.34 Å². The van der Waals surface area contributed by atoms with Gasteiger partial charge in [0.25, 0.3) is 0 Å². The van der Waals surface area contributed by atoms with Gasteiger partial charge in [0, 0.05) is 4.88 Å². The van der Waals surface area contributed by atoms with E-state index < -0.39 is 5.97 Å². The van der Waals surface area contributed by atoms with Crippen molar-refractivity contribution in [2.24, 2.45) is 0 Å². The second-order valence-electron chi connectivity index (χ2n) is 3.74. The van der Waals surface area contributed by atoms with Gasteiger partial charge in [-0.15, -0.1) is 11.3 Å². The molecule has 0 bridgehead atoms. The molecule has 1 aromatic carbocycles. The molecule has 2 aromatic rings. The van der Waals surface area contributed by atoms with Crippen molar-refractivity contribution in [2.75, 3.05) is 7.11 Å². The number of aliphatic carboxylic acids is 1. The number of hydrogen-bond acceptors (Lipinski definition) is 3. The van der Waals surface area contributed by atoms with Crippen LogP contribution >= 0.6 is 22.9 Å². The van der Waals surface area contributed by atoms with Gasteiger partial charge in [0.1, 0.15) is 5.75 Å². The first-order valence-corrected chi connectivity index (χ1v) is 6.64. The molecular formula is C14H11ClO3S. The topological polar surface area (TPSA) is 46.5 Å². The first kappa shape index (κ1) is 13.6. The fourth-order valence-corrected chi connectivity index (χ4v) is 2.61. The Bertz CT molecular complexity index is 614. The molecule has 0 spiro atoms. The van der Waals surface area contributed by atoms with Crippen LogP contribution in [0.3, 0.4) is 0 Å². The van der Waals surface area contributed by atoms with Crippen molar-refractivity contribution < 1.29 is 14.6 Å². The van der Waals surface area contributed by atoms with Gasteiger partial charge in [-0.05, 0) is 35.9 Å². The number of carboxylic acids is 1. The van der Waals surface area contributed by atoms with Gasteiger partial charge in [-0.1, -0.05) is 23.7 Å². The summed E-state index contributed by atoms with van der Waals surface area (Å²) in [7, 11) is 1.58. The minimum atomic E-state index is -0.977. The first-order chi connectivity index (χ1) is 9.10. The summed E-state index contributed by atoms with van der Waals surface area (Å²) >= 11 is 7.08. The fourth-order valence-electron chi connectivity index (χ4n) is 1.56. The summed E-state index contributed by atoms with van der Waals surface area (Å²) in [6, 6.07) is 10.6. The second kappa shape index (κ2) is 5.91. The van der Waals surface area contributed by atoms with Crippen molar-refractivity contribution in [2.45, 2.75) is 0 Å². The van der Waals surface area contributed by atoms with Crippen LogP contribution in [0.4, 0.5) is 0 Å². The molecule has 1 N–H and O–H groups in total. The molecule has 1 aromatic heterocycles. The summed E-state index contributed by atoms with van der Waals surface area (Å²) in [4.78, 5) is 11.9. The lowest BCUT2D eigenvalue weighted by molar-refractivity contribution is -0.130. The van der Waals surface area contributed by atoms with Crippen LogP contribution in [-0.4, -0.2) is 18.2 Å². The highest BCUT2D eigenvalue weighted by atomic mass is 35.5. The van der Waals surface area contributed by atoms with E-state index in [0.717, 1.165) is 11.3 Å². The lowest BCUT2D eigenvalue weighted by atomic mass is 10.1. The van der Waals surface area contributed by atoms with Crippen LogP contribution in [0.15, 0.2) is 36.4 Å². The Balaban J connectivity index is 2.37. The van der Waals surface area contributed by atoms with Crippen LogP contribution in [0.1, 0.15) is 10.4 Å². The highest BCUT2D eigenvalue weighted by Gasteiger charge is 2.12. The van der Waals surface area contributed by atoms with E-state index >= 15 is 0 Å². The monoisotopic (exact) mass is 294 g/mol. The van der Waals surface area contributed by atoms with Gasteiger partial charge in [-0.2, -0.15) is 0 Å². The molecule has 0 saturated heterocycles. The van der Waals surface area contributed by atoms with Crippen LogP contribution in [0, 0.1) is 0 Å². The number of halogens is 1. The van der Waals surface area contributed by atoms with Crippen molar-refractivity contribution >= 4 is 40.6 Å². The van der Waals surface area contributed by atoms with Crippen molar-refractivity contribution in [3.05, 3.63) is 51.2 Å². The predicted octanol–water partition coefficient (Wildman–Crippen LogP) is 4.04. The summed E-state index contributed by atoms with van der Waals surface area (Å²) < 4.78 is 5.62. The predicted molar refractivity (Wildman–Crippen MR) is 77.8 cm³/mol. The van der Waals surface area contributed by atoms with Crippen LogP contribution < -0.4 is 4.74 Å². The van der Waals surface area contributed by atoms with Crippen molar-refractivity contribution in [3.8, 4) is 5.75 Å². The Labute approximate surface area is 119 Å². The molecule has 0 aliphatic heterocycles. The highest BCUT2D eigenvalue weighted by Crippen LogP contribution is 2.29. The molecule has 5 heteroatoms. The van der Waals surface area contributed by atoms with Crippen LogP contribution in [0.25, 0.3) is 11.6 Å². The number of carboxylic acid groups (broad SMARTS) is 1. The lowest BCUT2D eigenvalue weighted by Gasteiger charge is -2.02. The van der Waals surface area contributed by atoms with Gasteiger partial charge in [-0.3, -0.25) is 0 Å². The normalized spacial score (nSPS) is 11.4. The molecule has 1 heterocycles. The largest absolute Gasteiger partial charge is 0.497 e. The van der Waals surface area contributed by atoms with Gasteiger partial charge in [0.2, 0.25) is 0 Å². The van der Waals surface area contributed by atoms with Crippen molar-refractivity contribution in [1.82, 2.24) is 0 Å². The number of ether oxygens (including phenoxy) is 1. The third-order valence-corrected chi connectivity index (χ3v) is 3.76. The molecule has 0 radical (unpaired) electrons. The zero-order valence-corrected chi connectivity index (χ0v) is 11.7. The molecule has 2 rings (SSSR count). The molecule has 19 heavy (non-hydrogen) atoms. The Morgan fingerprint density at radius 2 is 1.95 bits per heavy atom. The van der Waals surface area contributed by atoms with Gasteiger partial charge < -0.3 is 9.84 Å². The molecule has 0 saturated carbocycles. The molecule has 3 nitrogen and oxygen atoms in total. The van der Waals surface area contributed by atoms with E-state index in [9.17, 15) is 9.90 Å². The quantitative estimate of drug-likeness (QED) is 0.866. The summed E-state index contributed by atoms with van der Waals surface area (Å²) in [5.74, 6) is -0.248. The number of methoxy groups -OCH3 is 1. The number of benzene rings is 1. The third-order valence-electron chi connectivity index (χ3n) is 2.50. The molecule has 98 valence electrons. The molecule has 0 aliphatic carbocycles. The molecule has 0 atom stereocenters. The van der Waals surface area contributed by atoms with Gasteiger partial charge in [0.05, 0.1) is 17.0 Å². The Morgan fingerprint density at radius 1 is 1.26 bits per heavy atom. The number of carbonyl (C=O) groups is 1. The average Bonchev–Trinajstić information content (AvgIpc) is 2.82. The zero-order valence-electron chi connectivity index (χ0n) is 10.1. The number of hydrogen-bond donors (Lipinski definition) is 1. The standard InChI is InChI=1S/C14H11ClO3S/c1-18-10-4-2-9(3-5-10)8-11(14(16)17)12-6-7-13(15)19-12/h2-8H,1H3,(H,16,17)/b11-8-. The smallest absolute Gasteiger partial charge is 0.337 e. The van der Waals surface area contributed by atoms with E-state index in [1.807, 2.05) is 0 Å². The van der Waals surface area contributed by atoms with Gasteiger partial charge >= 0.3 is 5.97 Å². The fraction of sp³-hybridized carbons (Fsp3) is 0.0714. The van der Waals surface area contributed by atoms with E-state index in [4.69, 9.17) is 16.3 Å². The Kier molecular flexibility index (Phi) is 4.24. The van der Waals surface area contributed by atoms with Crippen molar-refractivity contribution in [3.63, 3.8) is 0 Å². The summed E-state index contributed by atoms with van der Waals surface area (Å²) in [6.45, 7) is 0. The third kappa shape index (κ3) is 3.36. The number of thiophene rings is 1. The second-order valence-corrected chi connectivity index (χ2v) is 5.46. The molecule has 0 fully saturated rings. The minimum absolute atomic E-state index is 0.224. The molecule has 0 amide bonds. The Hall–Kier alpha value is -1.78. The lowest BCUT2D eigenvalue weighted by Crippen LogP contribution is -1.97. The SMILES string of the molecule is COc1ccc(/C=C(\C(=O)O)c2ccc(Cl)s2)cc1. The summed E-state index contributed by atoms with van der Waals surface area (Å²) in [5, 5.41) is 9.27. The van der Waals surface area contributed by atoms with E-state index in [1.165, 1.54) is 11.3 Å². The van der Waals surface area contributed by atoms with Crippen LogP contribution in [-0.2, 0) is 4.79 Å². The molecule has 0 unspecified atom stereocenters.